The van der Waals surface area contributed by atoms with Crippen LogP contribution in [0.25, 0.3) is 0 Å². The van der Waals surface area contributed by atoms with Gasteiger partial charge in [-0.25, -0.2) is 4.99 Å². The summed E-state index contributed by atoms with van der Waals surface area (Å²) in [6.45, 7) is 2.02. The smallest absolute Gasteiger partial charge is 0.220 e. The minimum absolute atomic E-state index is 0.0389. The average molecular weight is 253 g/mol. The van der Waals surface area contributed by atoms with Gasteiger partial charge in [-0.05, 0) is 24.6 Å². The van der Waals surface area contributed by atoms with Gasteiger partial charge >= 0.3 is 0 Å². The Labute approximate surface area is 112 Å². The van der Waals surface area contributed by atoms with Gasteiger partial charge in [-0.15, -0.1) is 0 Å². The molecule has 0 fully saturated rings. The van der Waals surface area contributed by atoms with Crippen LogP contribution in [0.2, 0.25) is 0 Å². The molecule has 3 nitrogen and oxygen atoms in total. The van der Waals surface area contributed by atoms with Crippen molar-refractivity contribution in [2.75, 3.05) is 0 Å². The third kappa shape index (κ3) is 2.19. The van der Waals surface area contributed by atoms with Gasteiger partial charge in [0.1, 0.15) is 11.9 Å². The van der Waals surface area contributed by atoms with E-state index in [1.165, 1.54) is 0 Å². The highest BCUT2D eigenvalue weighted by Gasteiger charge is 2.30. The van der Waals surface area contributed by atoms with Crippen molar-refractivity contribution in [3.05, 3.63) is 65.7 Å². The summed E-state index contributed by atoms with van der Waals surface area (Å²) in [7, 11) is 0. The number of rotatable bonds is 2. The molecule has 0 aromatic heterocycles. The minimum atomic E-state index is -0.0872. The van der Waals surface area contributed by atoms with Crippen molar-refractivity contribution >= 4 is 5.90 Å². The molecule has 19 heavy (non-hydrogen) atoms. The van der Waals surface area contributed by atoms with E-state index in [2.05, 4.69) is 4.99 Å². The van der Waals surface area contributed by atoms with E-state index in [9.17, 15) is 5.11 Å². The number of phenolic OH excluding ortho intramolecular Hbond substituents is 1. The lowest BCUT2D eigenvalue weighted by molar-refractivity contribution is 0.202. The Morgan fingerprint density at radius 2 is 1.68 bits per heavy atom. The van der Waals surface area contributed by atoms with Gasteiger partial charge in [0.15, 0.2) is 0 Å². The van der Waals surface area contributed by atoms with E-state index >= 15 is 0 Å². The first-order valence-electron chi connectivity index (χ1n) is 6.33. The highest BCUT2D eigenvalue weighted by Crippen LogP contribution is 2.32. The largest absolute Gasteiger partial charge is 0.507 e. The molecule has 3 heteroatoms. The summed E-state index contributed by atoms with van der Waals surface area (Å²) in [6, 6.07) is 17.2. The van der Waals surface area contributed by atoms with E-state index in [0.717, 1.165) is 5.56 Å². The zero-order chi connectivity index (χ0) is 13.2. The molecule has 0 aliphatic carbocycles. The number of ether oxygens (including phenoxy) is 1. The molecule has 96 valence electrons. The molecule has 1 N–H and O–H groups in total. The Morgan fingerprint density at radius 1 is 1.00 bits per heavy atom. The monoisotopic (exact) mass is 253 g/mol. The lowest BCUT2D eigenvalue weighted by Gasteiger charge is -2.15. The fourth-order valence-corrected chi connectivity index (χ4v) is 2.28. The fourth-order valence-electron chi connectivity index (χ4n) is 2.28. The second-order valence-electron chi connectivity index (χ2n) is 4.64. The number of aliphatic imine (C=N–C) groups is 1. The molecule has 0 saturated carbocycles. The molecule has 1 heterocycles. The van der Waals surface area contributed by atoms with Gasteiger partial charge in [0.25, 0.3) is 0 Å². The molecule has 0 unspecified atom stereocenters. The first-order valence-corrected chi connectivity index (χ1v) is 6.33. The summed E-state index contributed by atoms with van der Waals surface area (Å²) in [5.41, 5.74) is 1.75. The maximum atomic E-state index is 9.85. The summed E-state index contributed by atoms with van der Waals surface area (Å²) >= 11 is 0. The summed E-state index contributed by atoms with van der Waals surface area (Å²) in [5, 5.41) is 9.85. The van der Waals surface area contributed by atoms with Gasteiger partial charge in [0.2, 0.25) is 5.90 Å². The summed E-state index contributed by atoms with van der Waals surface area (Å²) in [4.78, 5) is 4.51. The fraction of sp³-hybridized carbons (Fsp3) is 0.188. The third-order valence-corrected chi connectivity index (χ3v) is 3.26. The average Bonchev–Trinajstić information content (AvgIpc) is 2.82. The van der Waals surface area contributed by atoms with Gasteiger partial charge in [-0.3, -0.25) is 0 Å². The predicted octanol–water partition coefficient (Wildman–Crippen LogP) is 3.30. The summed E-state index contributed by atoms with van der Waals surface area (Å²) in [6.07, 6.45) is -0.0872. The SMILES string of the molecule is C[C@H]1N=C(c2ccccc2O)O[C@H]1c1ccccc1. The quantitative estimate of drug-likeness (QED) is 0.892. The van der Waals surface area contributed by atoms with Crippen LogP contribution in [0.3, 0.4) is 0 Å². The summed E-state index contributed by atoms with van der Waals surface area (Å²) in [5.74, 6) is 0.710. The number of hydrogen-bond donors (Lipinski definition) is 1. The minimum Gasteiger partial charge on any atom is -0.507 e. The second-order valence-corrected chi connectivity index (χ2v) is 4.64. The van der Waals surface area contributed by atoms with Crippen molar-refractivity contribution in [2.45, 2.75) is 19.1 Å². The molecule has 0 bridgehead atoms. The molecule has 0 spiro atoms. The molecular formula is C16H15NO2. The van der Waals surface area contributed by atoms with Crippen molar-refractivity contribution in [3.8, 4) is 5.75 Å². The molecule has 2 aromatic carbocycles. The molecule has 0 saturated heterocycles. The standard InChI is InChI=1S/C16H15NO2/c1-11-15(12-7-3-2-4-8-12)19-16(17-11)13-9-5-6-10-14(13)18/h2-11,15,18H,1H3/t11-,15-/m1/s1. The number of phenols is 1. The van der Waals surface area contributed by atoms with Crippen LogP contribution in [0.5, 0.6) is 5.75 Å². The highest BCUT2D eigenvalue weighted by atomic mass is 16.5. The van der Waals surface area contributed by atoms with Crippen LogP contribution in [0.1, 0.15) is 24.2 Å². The zero-order valence-corrected chi connectivity index (χ0v) is 10.7. The van der Waals surface area contributed by atoms with Crippen LogP contribution < -0.4 is 0 Å². The second kappa shape index (κ2) is 4.76. The van der Waals surface area contributed by atoms with Gasteiger partial charge in [0, 0.05) is 0 Å². The van der Waals surface area contributed by atoms with E-state index in [1.807, 2.05) is 49.4 Å². The van der Waals surface area contributed by atoms with Gasteiger partial charge < -0.3 is 9.84 Å². The Bertz CT molecular complexity index is 607. The van der Waals surface area contributed by atoms with Crippen molar-refractivity contribution < 1.29 is 9.84 Å². The van der Waals surface area contributed by atoms with Crippen molar-refractivity contribution in [1.29, 1.82) is 0 Å². The number of nitrogens with zero attached hydrogens (tertiary/aromatic N) is 1. The van der Waals surface area contributed by atoms with E-state index in [1.54, 1.807) is 12.1 Å². The number of hydrogen-bond acceptors (Lipinski definition) is 3. The van der Waals surface area contributed by atoms with Crippen LogP contribution >= 0.6 is 0 Å². The first-order chi connectivity index (χ1) is 9.25. The normalized spacial score (nSPS) is 21.8. The molecular weight excluding hydrogens is 238 g/mol. The van der Waals surface area contributed by atoms with E-state index in [4.69, 9.17) is 4.74 Å². The van der Waals surface area contributed by atoms with E-state index < -0.39 is 0 Å². The van der Waals surface area contributed by atoms with Crippen LogP contribution in [-0.4, -0.2) is 17.0 Å². The van der Waals surface area contributed by atoms with Crippen LogP contribution in [0.15, 0.2) is 59.6 Å². The lowest BCUT2D eigenvalue weighted by Crippen LogP contribution is -2.10. The third-order valence-electron chi connectivity index (χ3n) is 3.26. The molecule has 0 amide bonds. The highest BCUT2D eigenvalue weighted by molar-refractivity contribution is 5.97. The maximum absolute atomic E-state index is 9.85. The first kappa shape index (κ1) is 11.8. The van der Waals surface area contributed by atoms with E-state index in [0.29, 0.717) is 11.5 Å². The number of aromatic hydroxyl groups is 1. The van der Waals surface area contributed by atoms with Crippen LogP contribution in [0.4, 0.5) is 0 Å². The molecule has 1 aliphatic heterocycles. The molecule has 3 rings (SSSR count). The Kier molecular flexibility index (Phi) is 2.95. The van der Waals surface area contributed by atoms with Gasteiger partial charge in [-0.1, -0.05) is 42.5 Å². The van der Waals surface area contributed by atoms with Crippen molar-refractivity contribution in [3.63, 3.8) is 0 Å². The van der Waals surface area contributed by atoms with Crippen LogP contribution in [0, 0.1) is 0 Å². The summed E-state index contributed by atoms with van der Waals surface area (Å²) < 4.78 is 5.92. The number of para-hydroxylation sites is 1. The maximum Gasteiger partial charge on any atom is 0.220 e. The molecule has 1 aliphatic rings. The molecule has 2 atom stereocenters. The van der Waals surface area contributed by atoms with Crippen LogP contribution in [-0.2, 0) is 4.74 Å². The Morgan fingerprint density at radius 3 is 2.42 bits per heavy atom. The lowest BCUT2D eigenvalue weighted by atomic mass is 10.0. The molecule has 0 radical (unpaired) electrons. The Hall–Kier alpha value is -2.29. The van der Waals surface area contributed by atoms with Gasteiger partial charge in [-0.2, -0.15) is 0 Å². The molecule has 2 aromatic rings. The van der Waals surface area contributed by atoms with Gasteiger partial charge in [0.05, 0.1) is 11.6 Å². The predicted molar refractivity (Wildman–Crippen MR) is 74.4 cm³/mol. The topological polar surface area (TPSA) is 41.8 Å². The van der Waals surface area contributed by atoms with Crippen molar-refractivity contribution in [2.24, 2.45) is 4.99 Å². The van der Waals surface area contributed by atoms with Crippen molar-refractivity contribution in [1.82, 2.24) is 0 Å². The zero-order valence-electron chi connectivity index (χ0n) is 10.7. The Balaban J connectivity index is 1.89. The number of benzene rings is 2. The van der Waals surface area contributed by atoms with E-state index in [-0.39, 0.29) is 17.9 Å².